The van der Waals surface area contributed by atoms with E-state index in [1.807, 2.05) is 17.0 Å². The fraction of sp³-hybridized carbons (Fsp3) is 0.562. The summed E-state index contributed by atoms with van der Waals surface area (Å²) >= 11 is 8.21. The molecular formula is C16H21ClINO. The molecule has 1 aromatic carbocycles. The highest BCUT2D eigenvalue weighted by Gasteiger charge is 2.31. The van der Waals surface area contributed by atoms with Crippen LogP contribution >= 0.6 is 34.2 Å². The van der Waals surface area contributed by atoms with Crippen molar-refractivity contribution < 1.29 is 4.79 Å². The number of halogens is 2. The number of carbonyl (C=O) groups excluding carboxylic acids is 1. The molecule has 1 saturated heterocycles. The van der Waals surface area contributed by atoms with E-state index in [0.29, 0.717) is 16.4 Å². The molecule has 1 amide bonds. The standard InChI is InChI=1S/C16H21ClINO/c1-16(2,3)11-6-8-19(9-7-11)15(20)13-10-12(17)4-5-14(13)18/h4-5,10-11H,6-9H2,1-3H3. The maximum atomic E-state index is 12.6. The predicted molar refractivity (Wildman–Crippen MR) is 92.3 cm³/mol. The van der Waals surface area contributed by atoms with Crippen LogP contribution in [0, 0.1) is 14.9 Å². The lowest BCUT2D eigenvalue weighted by Gasteiger charge is -2.38. The normalized spacial score (nSPS) is 17.4. The Hall–Kier alpha value is -0.290. The van der Waals surface area contributed by atoms with E-state index in [4.69, 9.17) is 11.6 Å². The summed E-state index contributed by atoms with van der Waals surface area (Å²) < 4.78 is 0.968. The van der Waals surface area contributed by atoms with E-state index in [2.05, 4.69) is 43.4 Å². The minimum atomic E-state index is 0.115. The number of likely N-dealkylation sites (tertiary alicyclic amines) is 1. The number of carbonyl (C=O) groups is 1. The summed E-state index contributed by atoms with van der Waals surface area (Å²) in [4.78, 5) is 14.6. The zero-order valence-electron chi connectivity index (χ0n) is 12.2. The van der Waals surface area contributed by atoms with Gasteiger partial charge in [-0.2, -0.15) is 0 Å². The molecule has 1 aliphatic heterocycles. The first kappa shape index (κ1) is 16.1. The fourth-order valence-corrected chi connectivity index (χ4v) is 3.52. The van der Waals surface area contributed by atoms with E-state index in [0.717, 1.165) is 35.1 Å². The first-order valence-corrected chi connectivity index (χ1v) is 8.49. The minimum absolute atomic E-state index is 0.115. The van der Waals surface area contributed by atoms with Gasteiger partial charge in [-0.15, -0.1) is 0 Å². The topological polar surface area (TPSA) is 20.3 Å². The summed E-state index contributed by atoms with van der Waals surface area (Å²) in [6, 6.07) is 5.51. The Morgan fingerprint density at radius 3 is 2.45 bits per heavy atom. The molecule has 4 heteroatoms. The Morgan fingerprint density at radius 2 is 1.90 bits per heavy atom. The summed E-state index contributed by atoms with van der Waals surface area (Å²) in [6.45, 7) is 8.56. The number of hydrogen-bond donors (Lipinski definition) is 0. The molecule has 2 nitrogen and oxygen atoms in total. The summed E-state index contributed by atoms with van der Waals surface area (Å²) in [7, 11) is 0. The average molecular weight is 406 g/mol. The molecule has 0 N–H and O–H groups in total. The number of amides is 1. The summed E-state index contributed by atoms with van der Waals surface area (Å²) in [6.07, 6.45) is 2.18. The van der Waals surface area contributed by atoms with E-state index in [9.17, 15) is 4.79 Å². The van der Waals surface area contributed by atoms with Gasteiger partial charge in [0.15, 0.2) is 0 Å². The van der Waals surface area contributed by atoms with E-state index in [1.165, 1.54) is 0 Å². The van der Waals surface area contributed by atoms with Gasteiger partial charge in [0, 0.05) is 21.7 Å². The third-order valence-electron chi connectivity index (χ3n) is 4.17. The molecule has 1 aliphatic rings. The maximum absolute atomic E-state index is 12.6. The van der Waals surface area contributed by atoms with Gasteiger partial charge >= 0.3 is 0 Å². The molecule has 0 unspecified atom stereocenters. The predicted octanol–water partition coefficient (Wildman–Crippen LogP) is 4.84. The van der Waals surface area contributed by atoms with Gasteiger partial charge in [-0.25, -0.2) is 0 Å². The van der Waals surface area contributed by atoms with Crippen molar-refractivity contribution in [3.63, 3.8) is 0 Å². The molecular weight excluding hydrogens is 385 g/mol. The van der Waals surface area contributed by atoms with Gasteiger partial charge < -0.3 is 4.90 Å². The van der Waals surface area contributed by atoms with Crippen molar-refractivity contribution in [1.29, 1.82) is 0 Å². The third-order valence-corrected chi connectivity index (χ3v) is 5.34. The quantitative estimate of drug-likeness (QED) is 0.612. The smallest absolute Gasteiger partial charge is 0.254 e. The number of piperidine rings is 1. The minimum Gasteiger partial charge on any atom is -0.339 e. The monoisotopic (exact) mass is 405 g/mol. The molecule has 0 saturated carbocycles. The SMILES string of the molecule is CC(C)(C)C1CCN(C(=O)c2cc(Cl)ccc2I)CC1. The van der Waals surface area contributed by atoms with Crippen LogP contribution < -0.4 is 0 Å². The van der Waals surface area contributed by atoms with Crippen LogP contribution in [0.25, 0.3) is 0 Å². The van der Waals surface area contributed by atoms with Gasteiger partial charge in [0.1, 0.15) is 0 Å². The van der Waals surface area contributed by atoms with Crippen molar-refractivity contribution >= 4 is 40.1 Å². The molecule has 1 heterocycles. The molecule has 1 aromatic rings. The van der Waals surface area contributed by atoms with Crippen molar-refractivity contribution in [3.8, 4) is 0 Å². The maximum Gasteiger partial charge on any atom is 0.254 e. The zero-order chi connectivity index (χ0) is 14.9. The van der Waals surface area contributed by atoms with E-state index < -0.39 is 0 Å². The molecule has 20 heavy (non-hydrogen) atoms. The van der Waals surface area contributed by atoms with Gasteiger partial charge in [-0.05, 0) is 65.0 Å². The lowest BCUT2D eigenvalue weighted by molar-refractivity contribution is 0.0607. The Kier molecular flexibility index (Phi) is 5.00. The van der Waals surface area contributed by atoms with Crippen LogP contribution in [0.2, 0.25) is 5.02 Å². The van der Waals surface area contributed by atoms with Gasteiger partial charge in [-0.1, -0.05) is 32.4 Å². The zero-order valence-corrected chi connectivity index (χ0v) is 15.2. The second-order valence-corrected chi connectivity index (χ2v) is 8.16. The van der Waals surface area contributed by atoms with E-state index in [1.54, 1.807) is 6.07 Å². The van der Waals surface area contributed by atoms with Crippen molar-refractivity contribution in [2.75, 3.05) is 13.1 Å². The van der Waals surface area contributed by atoms with Gasteiger partial charge in [0.05, 0.1) is 5.56 Å². The Balaban J connectivity index is 2.07. The molecule has 0 spiro atoms. The molecule has 0 aromatic heterocycles. The molecule has 0 aliphatic carbocycles. The van der Waals surface area contributed by atoms with Crippen LogP contribution in [0.15, 0.2) is 18.2 Å². The number of nitrogens with zero attached hydrogens (tertiary/aromatic N) is 1. The first-order valence-electron chi connectivity index (χ1n) is 7.03. The van der Waals surface area contributed by atoms with Crippen molar-refractivity contribution in [2.45, 2.75) is 33.6 Å². The lowest BCUT2D eigenvalue weighted by atomic mass is 9.75. The fourth-order valence-electron chi connectivity index (χ4n) is 2.78. The second kappa shape index (κ2) is 6.22. The molecule has 0 radical (unpaired) electrons. The Morgan fingerprint density at radius 1 is 1.30 bits per heavy atom. The Labute approximate surface area is 140 Å². The molecule has 0 bridgehead atoms. The van der Waals surface area contributed by atoms with Gasteiger partial charge in [0.25, 0.3) is 5.91 Å². The van der Waals surface area contributed by atoms with Crippen molar-refractivity contribution in [2.24, 2.45) is 11.3 Å². The summed E-state index contributed by atoms with van der Waals surface area (Å²) in [5, 5.41) is 0.623. The summed E-state index contributed by atoms with van der Waals surface area (Å²) in [5.74, 6) is 0.814. The van der Waals surface area contributed by atoms with Crippen LogP contribution in [0.3, 0.4) is 0 Å². The highest BCUT2D eigenvalue weighted by molar-refractivity contribution is 14.1. The number of benzene rings is 1. The van der Waals surface area contributed by atoms with Gasteiger partial charge in [0.2, 0.25) is 0 Å². The van der Waals surface area contributed by atoms with E-state index >= 15 is 0 Å². The van der Waals surface area contributed by atoms with Crippen LogP contribution in [-0.4, -0.2) is 23.9 Å². The molecule has 110 valence electrons. The Bertz CT molecular complexity index is 502. The molecule has 1 fully saturated rings. The van der Waals surface area contributed by atoms with Crippen LogP contribution in [0.4, 0.5) is 0 Å². The summed E-state index contributed by atoms with van der Waals surface area (Å²) in [5.41, 5.74) is 1.06. The lowest BCUT2D eigenvalue weighted by Crippen LogP contribution is -2.41. The van der Waals surface area contributed by atoms with Gasteiger partial charge in [-0.3, -0.25) is 4.79 Å². The highest BCUT2D eigenvalue weighted by atomic mass is 127. The number of hydrogen-bond acceptors (Lipinski definition) is 1. The van der Waals surface area contributed by atoms with Crippen LogP contribution in [-0.2, 0) is 0 Å². The van der Waals surface area contributed by atoms with E-state index in [-0.39, 0.29) is 5.91 Å². The third kappa shape index (κ3) is 3.67. The highest BCUT2D eigenvalue weighted by Crippen LogP contribution is 2.34. The van der Waals surface area contributed by atoms with Crippen molar-refractivity contribution in [3.05, 3.63) is 32.4 Å². The van der Waals surface area contributed by atoms with Crippen molar-refractivity contribution in [1.82, 2.24) is 4.90 Å². The number of rotatable bonds is 1. The molecule has 2 rings (SSSR count). The van der Waals surface area contributed by atoms with Crippen LogP contribution in [0.5, 0.6) is 0 Å². The second-order valence-electron chi connectivity index (χ2n) is 6.56. The largest absolute Gasteiger partial charge is 0.339 e. The first-order chi connectivity index (χ1) is 9.29. The average Bonchev–Trinajstić information content (AvgIpc) is 2.40. The van der Waals surface area contributed by atoms with Crippen LogP contribution in [0.1, 0.15) is 44.0 Å². The molecule has 0 atom stereocenters.